The fourth-order valence-electron chi connectivity index (χ4n) is 7.79. The van der Waals surface area contributed by atoms with Crippen LogP contribution in [0.1, 0.15) is 52.1 Å². The zero-order valence-corrected chi connectivity index (χ0v) is 46.8. The fraction of sp³-hybridized carbons (Fsp3) is 0.278. The van der Waals surface area contributed by atoms with E-state index in [1.807, 2.05) is 0 Å². The highest BCUT2D eigenvalue weighted by Gasteiger charge is 2.27. The van der Waals surface area contributed by atoms with E-state index >= 15 is 0 Å². The first kappa shape index (κ1) is 64.8. The van der Waals surface area contributed by atoms with E-state index in [1.165, 1.54) is 79.3 Å². The number of fused-ring (bicyclic) bond motifs is 1. The van der Waals surface area contributed by atoms with Gasteiger partial charge in [0.1, 0.15) is 22.3 Å². The molecule has 7 rings (SSSR count). The molecule has 0 fully saturated rings. The largest absolute Gasteiger partial charge is 0.480 e. The number of nitrogens with one attached hydrogen (secondary N) is 7. The van der Waals surface area contributed by atoms with Crippen LogP contribution in [0, 0.1) is 0 Å². The summed E-state index contributed by atoms with van der Waals surface area (Å²) >= 11 is 0. The van der Waals surface area contributed by atoms with Gasteiger partial charge in [0.05, 0.1) is 53.5 Å². The Morgan fingerprint density at radius 3 is 2.02 bits per heavy atom. The molecular formula is C54H64FN11O15S3. The lowest BCUT2D eigenvalue weighted by Crippen LogP contribution is -2.48. The number of sulfonamides is 2. The van der Waals surface area contributed by atoms with Crippen LogP contribution in [0.15, 0.2) is 152 Å². The van der Waals surface area contributed by atoms with Crippen molar-refractivity contribution < 1.29 is 68.2 Å². The van der Waals surface area contributed by atoms with Gasteiger partial charge < -0.3 is 44.8 Å². The minimum atomic E-state index is -4.44. The van der Waals surface area contributed by atoms with Crippen molar-refractivity contribution in [3.63, 3.8) is 0 Å². The highest BCUT2D eigenvalue weighted by molar-refractivity contribution is 7.89. The van der Waals surface area contributed by atoms with Crippen LogP contribution in [0.5, 0.6) is 0 Å². The molecule has 4 aromatic carbocycles. The van der Waals surface area contributed by atoms with Gasteiger partial charge in [0.15, 0.2) is 5.95 Å². The van der Waals surface area contributed by atoms with E-state index < -0.39 is 60.1 Å². The third-order valence-corrected chi connectivity index (χ3v) is 15.9. The van der Waals surface area contributed by atoms with Crippen LogP contribution in [-0.2, 0) is 62.8 Å². The van der Waals surface area contributed by atoms with Crippen molar-refractivity contribution >= 4 is 76.8 Å². The van der Waals surface area contributed by atoms with E-state index in [9.17, 15) is 54.1 Å². The molecule has 0 spiro atoms. The number of hydrazone groups is 1. The number of carboxylic acids is 1. The van der Waals surface area contributed by atoms with E-state index in [0.717, 1.165) is 5.56 Å². The summed E-state index contributed by atoms with van der Waals surface area (Å²) in [5.41, 5.74) is 4.75. The van der Waals surface area contributed by atoms with Gasteiger partial charge in [-0.2, -0.15) is 18.2 Å². The summed E-state index contributed by atoms with van der Waals surface area (Å²) in [4.78, 5) is 61.8. The number of aryl methyl sites for hydroxylation is 1. The maximum atomic E-state index is 13.4. The Morgan fingerprint density at radius 2 is 1.42 bits per heavy atom. The Morgan fingerprint density at radius 1 is 0.786 bits per heavy atom. The second-order valence-electron chi connectivity index (χ2n) is 17.9. The van der Waals surface area contributed by atoms with Crippen LogP contribution < -0.4 is 36.2 Å². The minimum absolute atomic E-state index is 0. The predicted octanol–water partition coefficient (Wildman–Crippen LogP) is 4.12. The van der Waals surface area contributed by atoms with Gasteiger partial charge >= 0.3 is 5.97 Å². The molecule has 0 aliphatic heterocycles. The van der Waals surface area contributed by atoms with Gasteiger partial charge in [-0.05, 0) is 84.1 Å². The van der Waals surface area contributed by atoms with E-state index in [4.69, 9.17) is 18.9 Å². The van der Waals surface area contributed by atoms with E-state index in [0.29, 0.717) is 86.3 Å². The Hall–Kier alpha value is -8.33. The number of carbonyl (C=O) groups excluding carboxylic acids is 2. The van der Waals surface area contributed by atoms with Crippen molar-refractivity contribution in [3.05, 3.63) is 160 Å². The van der Waals surface area contributed by atoms with Gasteiger partial charge in [0, 0.05) is 82.2 Å². The Labute approximate surface area is 485 Å². The van der Waals surface area contributed by atoms with Crippen molar-refractivity contribution in [1.29, 1.82) is 1.45 Å². The van der Waals surface area contributed by atoms with Gasteiger partial charge in [-0.25, -0.2) is 31.5 Å². The van der Waals surface area contributed by atoms with Crippen LogP contribution in [0.4, 0.5) is 16.5 Å². The second kappa shape index (κ2) is 31.4. The van der Waals surface area contributed by atoms with Crippen LogP contribution in [0.3, 0.4) is 0 Å². The molecule has 3 aromatic heterocycles. The predicted molar refractivity (Wildman–Crippen MR) is 311 cm³/mol. The van der Waals surface area contributed by atoms with Crippen LogP contribution in [0.25, 0.3) is 22.0 Å². The number of aromatic nitrogens is 4. The number of aliphatic carboxylic acids is 1. The number of halogens is 1. The molecule has 84 heavy (non-hydrogen) atoms. The zero-order valence-electron chi connectivity index (χ0n) is 45.4. The van der Waals surface area contributed by atoms with Crippen LogP contribution >= 0.6 is 0 Å². The number of rotatable bonds is 32. The standard InChI is InChI=1S/C53H59N11O15S3.CH4.FH/c1-64-35-44(49(65)43-18-8-36(30-46(43)64)31-59-53-55-22-23-56-53)51(67)58-34-45(52(68)69)63-81(72,73)42-16-11-38(12-17-42)37-9-14-41(15-10-37)80(70,71)61-21-5-25-78-27-29-79-28-26-77-24-4-20-54-50(66)40-13-19-48(57-32-40)62-60-33-39-6-2-3-7-47(39)82(74,75)76;;/h2-3,6-19,22-23,30,32-33,35,45,61,63H,4-5,20-21,24-29,31,34H2,1H3,(H,54,66)(H,57,62)(H,58,67)(H,68,69)(H2,55,56,59)(H,74,75,76);1H4;1H/b60-33+;;/t45-;;/m0../s1/i/hT. The van der Waals surface area contributed by atoms with Crippen LogP contribution in [-0.4, -0.2) is 145 Å². The first-order chi connectivity index (χ1) is 40.3. The lowest BCUT2D eigenvalue weighted by molar-refractivity contribution is -0.138. The smallest absolute Gasteiger partial charge is 0.323 e. The topological polar surface area (TPSA) is 370 Å². The van der Waals surface area contributed by atoms with Crippen molar-refractivity contribution in [2.75, 3.05) is 70.0 Å². The van der Waals surface area contributed by atoms with E-state index in [2.05, 4.69) is 52.3 Å². The summed E-state index contributed by atoms with van der Waals surface area (Å²) in [6, 6.07) is 23.5. The van der Waals surface area contributed by atoms with Gasteiger partial charge in [-0.1, -0.05) is 56.0 Å². The molecule has 2 amide bonds. The molecule has 9 N–H and O–H groups in total. The summed E-state index contributed by atoms with van der Waals surface area (Å²) in [6.07, 6.45) is 8.11. The number of benzene rings is 4. The maximum Gasteiger partial charge on any atom is 0.323 e. The number of carboxylic acid groups (broad SMARTS) is 1. The van der Waals surface area contributed by atoms with Crippen molar-refractivity contribution in [2.45, 2.75) is 47.5 Å². The second-order valence-corrected chi connectivity index (χ2v) is 22.8. The number of pyridine rings is 2. The molecule has 30 heteroatoms. The van der Waals surface area contributed by atoms with Gasteiger partial charge in [0.2, 0.25) is 25.5 Å². The average Bonchev–Trinajstić information content (AvgIpc) is 3.14. The number of anilines is 2. The summed E-state index contributed by atoms with van der Waals surface area (Å²) in [5.74, 6) is -1.94. The van der Waals surface area contributed by atoms with Crippen molar-refractivity contribution in [1.82, 2.24) is 39.6 Å². The molecule has 3 heterocycles. The zero-order chi connectivity index (χ0) is 60.7. The highest BCUT2D eigenvalue weighted by atomic mass is 32.2. The molecule has 450 valence electrons. The molecular weight excluding hydrogens is 1160 g/mol. The number of imidazole rings is 1. The molecule has 0 aliphatic rings. The molecule has 1 atom stereocenters. The molecule has 0 radical (unpaired) electrons. The summed E-state index contributed by atoms with van der Waals surface area (Å²) in [5, 5.41) is 22.3. The minimum Gasteiger partial charge on any atom is -0.480 e. The molecule has 0 bridgehead atoms. The highest BCUT2D eigenvalue weighted by Crippen LogP contribution is 2.24. The van der Waals surface area contributed by atoms with Gasteiger partial charge in [-0.3, -0.25) is 33.9 Å². The van der Waals surface area contributed by atoms with E-state index in [1.54, 1.807) is 66.5 Å². The molecule has 0 saturated heterocycles. The van der Waals surface area contributed by atoms with Crippen molar-refractivity contribution in [3.8, 4) is 11.1 Å². The Kier molecular flexibility index (Phi) is 24.2. The van der Waals surface area contributed by atoms with Gasteiger partial charge in [-0.15, -0.1) is 0 Å². The number of hydrogen-bond donors (Lipinski definition) is 9. The number of amides is 2. The molecule has 0 aliphatic carbocycles. The SMILES string of the molecule is C.Cn1cc(C(=O)NC[C@H](NS(=O)(=O)c2ccc(-c3ccc(S(=O)(=O)NCCCOCCOCCOCCCNC(=O)c4ccc(N/N=C/c5ccccc5S(=O)(=O)O)nc4)cc3)cc2)C(=O)O)c(=O)c2ccc(CNc3ncc[nH]3)cc21.[3H]F. The lowest BCUT2D eigenvalue weighted by Gasteiger charge is -2.16. The first-order valence-electron chi connectivity index (χ1n) is 25.6. The van der Waals surface area contributed by atoms with E-state index in [-0.39, 0.29) is 64.3 Å². The summed E-state index contributed by atoms with van der Waals surface area (Å²) < 4.78 is 121. The number of hydrogen-bond acceptors (Lipinski definition) is 18. The first-order valence-corrected chi connectivity index (χ1v) is 29.6. The Bertz CT molecular complexity index is 3770. The van der Waals surface area contributed by atoms with Crippen LogP contribution in [0.2, 0.25) is 0 Å². The molecule has 26 nitrogen and oxygen atoms in total. The molecule has 0 unspecified atom stereocenters. The number of aromatic amines is 1. The number of H-pyrrole nitrogens is 1. The third-order valence-electron chi connectivity index (χ3n) is 12.0. The number of carbonyl (C=O) groups is 3. The maximum absolute atomic E-state index is 13.4. The number of ether oxygens (including phenoxy) is 3. The third kappa shape index (κ3) is 19.1. The summed E-state index contributed by atoms with van der Waals surface area (Å²) in [6.45, 7) is 2.05. The normalized spacial score (nSPS) is 12.1. The Balaban J connectivity index is 0.00000435. The molecule has 7 aromatic rings. The fourth-order valence-corrected chi connectivity index (χ4v) is 10.7. The monoisotopic (exact) mass is 1220 g/mol. The lowest BCUT2D eigenvalue weighted by atomic mass is 10.1. The quantitative estimate of drug-likeness (QED) is 0.0124. The van der Waals surface area contributed by atoms with Crippen molar-refractivity contribution in [2.24, 2.45) is 12.1 Å². The van der Waals surface area contributed by atoms with Gasteiger partial charge in [0.25, 0.3) is 23.4 Å². The molecule has 0 saturated carbocycles. The average molecular weight is 1220 g/mol. The number of nitrogens with zero attached hydrogens (tertiary/aromatic N) is 4. The summed E-state index contributed by atoms with van der Waals surface area (Å²) in [7, 11) is -11.1.